The molecule has 18 heavy (non-hydrogen) atoms. The van der Waals surface area contributed by atoms with Gasteiger partial charge >= 0.3 is 0 Å². The minimum absolute atomic E-state index is 0.103. The van der Waals surface area contributed by atoms with E-state index in [-0.39, 0.29) is 12.2 Å². The molecule has 0 bridgehead atoms. The van der Waals surface area contributed by atoms with E-state index in [0.29, 0.717) is 5.82 Å². The van der Waals surface area contributed by atoms with Crippen molar-refractivity contribution in [1.29, 1.82) is 0 Å². The van der Waals surface area contributed by atoms with Crippen LogP contribution in [0.2, 0.25) is 0 Å². The van der Waals surface area contributed by atoms with Crippen LogP contribution in [0.25, 0.3) is 0 Å². The Balaban J connectivity index is 2.07. The van der Waals surface area contributed by atoms with Gasteiger partial charge < -0.3 is 15.0 Å². The lowest BCUT2D eigenvalue weighted by Gasteiger charge is -2.22. The maximum absolute atomic E-state index is 11.4. The summed E-state index contributed by atoms with van der Waals surface area (Å²) in [6.45, 7) is 6.33. The van der Waals surface area contributed by atoms with Crippen LogP contribution >= 0.6 is 0 Å². The Hall–Kier alpha value is -1.40. The molecule has 2 N–H and O–H groups in total. The van der Waals surface area contributed by atoms with Crippen LogP contribution in [0.4, 0.5) is 5.82 Å². The van der Waals surface area contributed by atoms with Gasteiger partial charge in [-0.05, 0) is 19.9 Å². The third-order valence-electron chi connectivity index (χ3n) is 3.18. The Morgan fingerprint density at radius 3 is 2.94 bits per heavy atom. The minimum Gasteiger partial charge on any atom is -0.395 e. The number of hydrogen-bond donors (Lipinski definition) is 2. The average molecular weight is 252 g/mol. The summed E-state index contributed by atoms with van der Waals surface area (Å²) in [5.41, 5.74) is -0.103. The second-order valence-electron chi connectivity index (χ2n) is 4.59. The highest BCUT2D eigenvalue weighted by Gasteiger charge is 2.16. The predicted molar refractivity (Wildman–Crippen MR) is 70.0 cm³/mol. The first-order valence-corrected chi connectivity index (χ1v) is 6.35. The third kappa shape index (κ3) is 3.30. The Bertz CT molecular complexity index is 446. The smallest absolute Gasteiger partial charge is 0.252 e. The Morgan fingerprint density at radius 2 is 2.22 bits per heavy atom. The number of β-amino-alcohol motifs (C(OH)–C–C–N with tert-alkyl or cyclic N) is 1. The van der Waals surface area contributed by atoms with Gasteiger partial charge in [0.15, 0.2) is 0 Å². The van der Waals surface area contributed by atoms with E-state index in [4.69, 9.17) is 5.11 Å². The van der Waals surface area contributed by atoms with Crippen LogP contribution in [-0.4, -0.2) is 59.3 Å². The predicted octanol–water partition coefficient (Wildman–Crippen LogP) is -0.417. The summed E-state index contributed by atoms with van der Waals surface area (Å²) in [6, 6.07) is 1.55. The van der Waals surface area contributed by atoms with E-state index >= 15 is 0 Å². The molecule has 0 amide bonds. The number of H-pyrrole nitrogens is 1. The summed E-state index contributed by atoms with van der Waals surface area (Å²) in [4.78, 5) is 22.8. The molecular weight excluding hydrogens is 232 g/mol. The number of aromatic amines is 1. The zero-order chi connectivity index (χ0) is 13.0. The number of aliphatic hydroxyl groups excluding tert-OH is 1. The van der Waals surface area contributed by atoms with Crippen LogP contribution in [-0.2, 0) is 0 Å². The second-order valence-corrected chi connectivity index (χ2v) is 4.59. The van der Waals surface area contributed by atoms with Crippen molar-refractivity contribution in [2.24, 2.45) is 0 Å². The van der Waals surface area contributed by atoms with Crippen molar-refractivity contribution in [1.82, 2.24) is 14.9 Å². The van der Waals surface area contributed by atoms with Crippen molar-refractivity contribution in [2.45, 2.75) is 13.3 Å². The van der Waals surface area contributed by atoms with Gasteiger partial charge in [0, 0.05) is 32.2 Å². The molecular formula is C12H20N4O2. The number of nitrogens with zero attached hydrogens (tertiary/aromatic N) is 3. The minimum atomic E-state index is -0.103. The van der Waals surface area contributed by atoms with Gasteiger partial charge in [-0.1, -0.05) is 0 Å². The van der Waals surface area contributed by atoms with Crippen molar-refractivity contribution in [3.63, 3.8) is 0 Å². The monoisotopic (exact) mass is 252 g/mol. The summed E-state index contributed by atoms with van der Waals surface area (Å²) in [7, 11) is 0. The summed E-state index contributed by atoms with van der Waals surface area (Å²) in [6.07, 6.45) is 1.02. The van der Waals surface area contributed by atoms with Crippen LogP contribution in [0.1, 0.15) is 12.2 Å². The van der Waals surface area contributed by atoms with Crippen LogP contribution in [0.15, 0.2) is 10.9 Å². The van der Waals surface area contributed by atoms with Crippen LogP contribution in [0.5, 0.6) is 0 Å². The van der Waals surface area contributed by atoms with Gasteiger partial charge in [-0.15, -0.1) is 0 Å². The van der Waals surface area contributed by atoms with E-state index in [0.717, 1.165) is 45.0 Å². The standard InChI is InChI=1S/C12H20N4O2/c1-10-13-11(9-12(18)14-10)16-4-2-3-15(5-6-16)7-8-17/h9,17H,2-8H2,1H3,(H,13,14,18). The molecule has 6 heteroatoms. The zero-order valence-corrected chi connectivity index (χ0v) is 10.7. The van der Waals surface area contributed by atoms with E-state index < -0.39 is 0 Å². The summed E-state index contributed by atoms with van der Waals surface area (Å²) >= 11 is 0. The van der Waals surface area contributed by atoms with Gasteiger partial charge in [0.05, 0.1) is 6.61 Å². The number of nitrogens with one attached hydrogen (secondary N) is 1. The van der Waals surface area contributed by atoms with Gasteiger partial charge in [-0.3, -0.25) is 9.69 Å². The highest BCUT2D eigenvalue weighted by atomic mass is 16.3. The molecule has 0 saturated carbocycles. The lowest BCUT2D eigenvalue weighted by molar-refractivity contribution is 0.204. The molecule has 1 aromatic rings. The lowest BCUT2D eigenvalue weighted by Crippen LogP contribution is -2.33. The molecule has 6 nitrogen and oxygen atoms in total. The fourth-order valence-electron chi connectivity index (χ4n) is 2.29. The summed E-state index contributed by atoms with van der Waals surface area (Å²) in [5, 5.41) is 8.95. The normalized spacial score (nSPS) is 17.8. The Morgan fingerprint density at radius 1 is 1.39 bits per heavy atom. The molecule has 1 aromatic heterocycles. The first kappa shape index (κ1) is 13.0. The quantitative estimate of drug-likeness (QED) is 0.764. The molecule has 0 radical (unpaired) electrons. The first-order chi connectivity index (χ1) is 8.69. The van der Waals surface area contributed by atoms with E-state index in [1.54, 1.807) is 13.0 Å². The fourth-order valence-corrected chi connectivity index (χ4v) is 2.29. The molecule has 0 spiro atoms. The highest BCUT2D eigenvalue weighted by molar-refractivity contribution is 5.37. The molecule has 0 unspecified atom stereocenters. The average Bonchev–Trinajstić information content (AvgIpc) is 2.54. The van der Waals surface area contributed by atoms with Crippen LogP contribution in [0, 0.1) is 6.92 Å². The molecule has 0 atom stereocenters. The van der Waals surface area contributed by atoms with Gasteiger partial charge in [-0.25, -0.2) is 4.98 Å². The number of rotatable bonds is 3. The molecule has 1 aliphatic heterocycles. The molecule has 0 aliphatic carbocycles. The summed E-state index contributed by atoms with van der Waals surface area (Å²) in [5.74, 6) is 1.40. The molecule has 0 aromatic carbocycles. The van der Waals surface area contributed by atoms with Crippen molar-refractivity contribution in [2.75, 3.05) is 44.2 Å². The number of aryl methyl sites for hydroxylation is 1. The first-order valence-electron chi connectivity index (χ1n) is 6.35. The lowest BCUT2D eigenvalue weighted by atomic mass is 10.3. The van der Waals surface area contributed by atoms with Crippen LogP contribution < -0.4 is 10.5 Å². The zero-order valence-electron chi connectivity index (χ0n) is 10.7. The van der Waals surface area contributed by atoms with E-state index in [1.165, 1.54) is 0 Å². The number of aliphatic hydroxyl groups is 1. The topological polar surface area (TPSA) is 72.5 Å². The van der Waals surface area contributed by atoms with E-state index in [1.807, 2.05) is 0 Å². The molecule has 1 fully saturated rings. The number of hydrogen-bond acceptors (Lipinski definition) is 5. The van der Waals surface area contributed by atoms with Gasteiger partial charge in [0.1, 0.15) is 11.6 Å². The third-order valence-corrected chi connectivity index (χ3v) is 3.18. The van der Waals surface area contributed by atoms with Crippen LogP contribution in [0.3, 0.4) is 0 Å². The Kier molecular flexibility index (Phi) is 4.33. The number of anilines is 1. The van der Waals surface area contributed by atoms with Crippen molar-refractivity contribution in [3.05, 3.63) is 22.2 Å². The Labute approximate surface area is 106 Å². The van der Waals surface area contributed by atoms with Gasteiger partial charge in [0.25, 0.3) is 5.56 Å². The largest absolute Gasteiger partial charge is 0.395 e. The maximum atomic E-state index is 11.4. The SMILES string of the molecule is Cc1nc(N2CCCN(CCO)CC2)cc(=O)[nH]1. The van der Waals surface area contributed by atoms with E-state index in [2.05, 4.69) is 19.8 Å². The molecule has 2 heterocycles. The van der Waals surface area contributed by atoms with Crippen molar-refractivity contribution in [3.8, 4) is 0 Å². The molecule has 1 saturated heterocycles. The van der Waals surface area contributed by atoms with Gasteiger partial charge in [0.2, 0.25) is 0 Å². The number of aromatic nitrogens is 2. The van der Waals surface area contributed by atoms with Crippen molar-refractivity contribution < 1.29 is 5.11 Å². The maximum Gasteiger partial charge on any atom is 0.252 e. The molecule has 100 valence electrons. The fraction of sp³-hybridized carbons (Fsp3) is 0.667. The highest BCUT2D eigenvalue weighted by Crippen LogP contribution is 2.11. The van der Waals surface area contributed by atoms with E-state index in [9.17, 15) is 4.79 Å². The van der Waals surface area contributed by atoms with Crippen molar-refractivity contribution >= 4 is 5.82 Å². The molecule has 1 aliphatic rings. The second kappa shape index (κ2) is 5.97. The summed E-state index contributed by atoms with van der Waals surface area (Å²) < 4.78 is 0. The van der Waals surface area contributed by atoms with Gasteiger partial charge in [-0.2, -0.15) is 0 Å². The molecule has 2 rings (SSSR count).